The maximum atomic E-state index is 5.20. The summed E-state index contributed by atoms with van der Waals surface area (Å²) in [4.78, 5) is 14.9. The molecule has 0 unspecified atom stereocenters. The highest BCUT2D eigenvalue weighted by atomic mass is 15.3. The molecule has 30 heavy (non-hydrogen) atoms. The van der Waals surface area contributed by atoms with Crippen LogP contribution < -0.4 is 9.80 Å². The van der Waals surface area contributed by atoms with Gasteiger partial charge in [-0.25, -0.2) is 9.97 Å². The summed E-state index contributed by atoms with van der Waals surface area (Å²) in [7, 11) is 1.96. The van der Waals surface area contributed by atoms with Gasteiger partial charge in [-0.3, -0.25) is 4.68 Å². The fraction of sp³-hybridized carbons (Fsp3) is 0.542. The van der Waals surface area contributed by atoms with Crippen molar-refractivity contribution in [1.29, 1.82) is 0 Å². The van der Waals surface area contributed by atoms with Gasteiger partial charge in [-0.15, -0.1) is 0 Å². The topological polar surface area (TPSA) is 50.1 Å². The van der Waals surface area contributed by atoms with E-state index in [4.69, 9.17) is 4.98 Å². The zero-order chi connectivity index (χ0) is 21.0. The maximum Gasteiger partial charge on any atom is 0.159 e. The fourth-order valence-corrected chi connectivity index (χ4v) is 5.25. The van der Waals surface area contributed by atoms with E-state index in [-0.39, 0.29) is 5.54 Å². The number of nitrogens with zero attached hydrogens (tertiary/aromatic N) is 6. The third kappa shape index (κ3) is 3.13. The van der Waals surface area contributed by atoms with Gasteiger partial charge in [0, 0.05) is 43.8 Å². The van der Waals surface area contributed by atoms with Crippen LogP contribution in [0, 0.1) is 6.92 Å². The molecule has 6 heteroatoms. The molecule has 3 aromatic rings. The molecule has 0 N–H and O–H groups in total. The quantitative estimate of drug-likeness (QED) is 0.626. The van der Waals surface area contributed by atoms with Crippen molar-refractivity contribution in [3.05, 3.63) is 41.3 Å². The molecule has 0 spiro atoms. The third-order valence-electron chi connectivity index (χ3n) is 6.90. The summed E-state index contributed by atoms with van der Waals surface area (Å²) >= 11 is 0. The third-order valence-corrected chi connectivity index (χ3v) is 6.90. The van der Waals surface area contributed by atoms with Crippen molar-refractivity contribution in [2.45, 2.75) is 65.0 Å². The van der Waals surface area contributed by atoms with Crippen LogP contribution in [0.2, 0.25) is 0 Å². The van der Waals surface area contributed by atoms with Gasteiger partial charge in [0.15, 0.2) is 5.65 Å². The van der Waals surface area contributed by atoms with Crippen molar-refractivity contribution in [2.24, 2.45) is 7.05 Å². The SMILES string of the molecule is Cc1cc(N2Cc3ccc(N4CCCCC4(C)C)nc3[C@@H](C)C2)c2cnn(C)c2n1. The van der Waals surface area contributed by atoms with Gasteiger partial charge < -0.3 is 9.80 Å². The van der Waals surface area contributed by atoms with Crippen LogP contribution in [0.15, 0.2) is 24.4 Å². The number of piperidine rings is 1. The van der Waals surface area contributed by atoms with E-state index in [1.54, 1.807) is 0 Å². The first-order valence-electron chi connectivity index (χ1n) is 11.2. The Morgan fingerprint density at radius 2 is 1.97 bits per heavy atom. The second-order valence-electron chi connectivity index (χ2n) is 9.70. The molecule has 0 saturated carbocycles. The fourth-order valence-electron chi connectivity index (χ4n) is 5.25. The Kier molecular flexibility index (Phi) is 4.49. The molecule has 2 aliphatic heterocycles. The first-order valence-corrected chi connectivity index (χ1v) is 11.2. The summed E-state index contributed by atoms with van der Waals surface area (Å²) in [6.07, 6.45) is 5.75. The summed E-state index contributed by atoms with van der Waals surface area (Å²) in [5.41, 5.74) is 5.98. The monoisotopic (exact) mass is 404 g/mol. The van der Waals surface area contributed by atoms with Crippen LogP contribution in [-0.4, -0.2) is 38.4 Å². The second kappa shape index (κ2) is 6.96. The molecule has 1 fully saturated rings. The summed E-state index contributed by atoms with van der Waals surface area (Å²) in [5, 5.41) is 5.57. The Morgan fingerprint density at radius 3 is 2.77 bits per heavy atom. The van der Waals surface area contributed by atoms with E-state index < -0.39 is 0 Å². The number of rotatable bonds is 2. The Morgan fingerprint density at radius 1 is 1.13 bits per heavy atom. The minimum atomic E-state index is 0.184. The standard InChI is InChI=1S/C24H32N6/c1-16-14-29(20-12-17(2)26-23-19(20)13-25-28(23)5)15-18-8-9-21(27-22(16)18)30-11-7-6-10-24(30,3)4/h8-9,12-13,16H,6-7,10-11,14-15H2,1-5H3/t16-/m0/s1. The highest BCUT2D eigenvalue weighted by Gasteiger charge is 2.32. The molecule has 2 aliphatic rings. The van der Waals surface area contributed by atoms with Gasteiger partial charge in [-0.2, -0.15) is 5.10 Å². The molecular weight excluding hydrogens is 372 g/mol. The molecule has 3 aromatic heterocycles. The number of hydrogen-bond acceptors (Lipinski definition) is 5. The smallest absolute Gasteiger partial charge is 0.159 e. The van der Waals surface area contributed by atoms with Gasteiger partial charge >= 0.3 is 0 Å². The van der Waals surface area contributed by atoms with Crippen LogP contribution in [0.4, 0.5) is 11.5 Å². The van der Waals surface area contributed by atoms with Gasteiger partial charge in [-0.1, -0.05) is 13.0 Å². The average molecular weight is 405 g/mol. The molecule has 0 bridgehead atoms. The summed E-state index contributed by atoms with van der Waals surface area (Å²) < 4.78 is 1.86. The number of anilines is 2. The lowest BCUT2D eigenvalue weighted by molar-refractivity contribution is 0.358. The zero-order valence-electron chi connectivity index (χ0n) is 18.8. The minimum Gasteiger partial charge on any atom is -0.366 e. The molecule has 0 aliphatic carbocycles. The number of hydrogen-bond donors (Lipinski definition) is 0. The largest absolute Gasteiger partial charge is 0.366 e. The van der Waals surface area contributed by atoms with Gasteiger partial charge in [0.25, 0.3) is 0 Å². The lowest BCUT2D eigenvalue weighted by Crippen LogP contribution is -2.48. The van der Waals surface area contributed by atoms with Crippen LogP contribution in [0.25, 0.3) is 11.0 Å². The Labute approximate surface area is 178 Å². The summed E-state index contributed by atoms with van der Waals surface area (Å²) in [6, 6.07) is 6.73. The van der Waals surface area contributed by atoms with Gasteiger partial charge in [0.2, 0.25) is 0 Å². The van der Waals surface area contributed by atoms with Crippen molar-refractivity contribution >= 4 is 22.5 Å². The first kappa shape index (κ1) is 19.3. The number of aryl methyl sites for hydroxylation is 2. The molecule has 158 valence electrons. The van der Waals surface area contributed by atoms with Crippen molar-refractivity contribution in [1.82, 2.24) is 19.7 Å². The maximum absolute atomic E-state index is 5.20. The molecular formula is C24H32N6. The van der Waals surface area contributed by atoms with Crippen LogP contribution >= 0.6 is 0 Å². The van der Waals surface area contributed by atoms with Crippen molar-refractivity contribution in [3.8, 4) is 0 Å². The van der Waals surface area contributed by atoms with Crippen LogP contribution in [0.3, 0.4) is 0 Å². The van der Waals surface area contributed by atoms with E-state index >= 15 is 0 Å². The van der Waals surface area contributed by atoms with E-state index in [0.717, 1.165) is 42.2 Å². The van der Waals surface area contributed by atoms with E-state index in [2.05, 4.69) is 65.8 Å². The molecule has 5 rings (SSSR count). The van der Waals surface area contributed by atoms with Gasteiger partial charge in [0.05, 0.1) is 23.0 Å². The minimum absolute atomic E-state index is 0.184. The predicted octanol–water partition coefficient (Wildman–Crippen LogP) is 4.56. The van der Waals surface area contributed by atoms with Crippen LogP contribution in [0.5, 0.6) is 0 Å². The first-order chi connectivity index (χ1) is 14.3. The summed E-state index contributed by atoms with van der Waals surface area (Å²) in [5.74, 6) is 1.52. The van der Waals surface area contributed by atoms with E-state index in [1.165, 1.54) is 36.2 Å². The zero-order valence-corrected chi connectivity index (χ0v) is 18.8. The molecule has 1 saturated heterocycles. The molecule has 0 amide bonds. The van der Waals surface area contributed by atoms with Crippen LogP contribution in [-0.2, 0) is 13.6 Å². The number of aromatic nitrogens is 4. The predicted molar refractivity (Wildman–Crippen MR) is 122 cm³/mol. The molecule has 0 aromatic carbocycles. The highest BCUT2D eigenvalue weighted by Crippen LogP contribution is 2.37. The Balaban J connectivity index is 1.50. The van der Waals surface area contributed by atoms with Gasteiger partial charge in [0.1, 0.15) is 5.82 Å². The lowest BCUT2D eigenvalue weighted by Gasteiger charge is -2.44. The van der Waals surface area contributed by atoms with Crippen molar-refractivity contribution in [2.75, 3.05) is 22.9 Å². The number of pyridine rings is 2. The Hall–Kier alpha value is -2.63. The average Bonchev–Trinajstić information content (AvgIpc) is 3.07. The van der Waals surface area contributed by atoms with E-state index in [9.17, 15) is 0 Å². The van der Waals surface area contributed by atoms with Crippen molar-refractivity contribution < 1.29 is 0 Å². The highest BCUT2D eigenvalue weighted by molar-refractivity contribution is 5.89. The van der Waals surface area contributed by atoms with E-state index in [1.807, 2.05) is 17.9 Å². The molecule has 0 radical (unpaired) electrons. The van der Waals surface area contributed by atoms with Crippen LogP contribution in [0.1, 0.15) is 62.9 Å². The Bertz CT molecular complexity index is 1100. The molecule has 1 atom stereocenters. The summed E-state index contributed by atoms with van der Waals surface area (Å²) in [6.45, 7) is 12.0. The lowest BCUT2D eigenvalue weighted by atomic mass is 9.90. The van der Waals surface area contributed by atoms with Crippen molar-refractivity contribution in [3.63, 3.8) is 0 Å². The number of fused-ring (bicyclic) bond motifs is 2. The molecule has 6 nitrogen and oxygen atoms in total. The normalized spacial score (nSPS) is 21.2. The van der Waals surface area contributed by atoms with E-state index in [0.29, 0.717) is 5.92 Å². The second-order valence-corrected chi connectivity index (χ2v) is 9.70. The van der Waals surface area contributed by atoms with Gasteiger partial charge in [-0.05, 0) is 57.7 Å². The molecule has 5 heterocycles.